The number of aromatic nitrogens is 3. The monoisotopic (exact) mass is 458 g/mol. The zero-order valence-electron chi connectivity index (χ0n) is 19.8. The first kappa shape index (κ1) is 21.1. The fraction of sp³-hybridized carbons (Fsp3) is 0.462. The molecule has 1 aliphatic heterocycles. The van der Waals surface area contributed by atoms with Crippen LogP contribution in [-0.2, 0) is 6.54 Å². The van der Waals surface area contributed by atoms with Gasteiger partial charge in [0.2, 0.25) is 0 Å². The van der Waals surface area contributed by atoms with E-state index in [1.807, 2.05) is 11.0 Å². The molecule has 3 N–H and O–H groups in total. The predicted octanol–water partition coefficient (Wildman–Crippen LogP) is 3.75. The van der Waals surface area contributed by atoms with Gasteiger partial charge in [-0.2, -0.15) is 0 Å². The predicted molar refractivity (Wildman–Crippen MR) is 129 cm³/mol. The summed E-state index contributed by atoms with van der Waals surface area (Å²) in [5.41, 5.74) is 11.5. The van der Waals surface area contributed by atoms with Gasteiger partial charge in [-0.15, -0.1) is 5.10 Å². The van der Waals surface area contributed by atoms with Gasteiger partial charge in [-0.1, -0.05) is 13.8 Å². The third kappa shape index (κ3) is 3.43. The van der Waals surface area contributed by atoms with E-state index in [-0.39, 0.29) is 35.6 Å². The van der Waals surface area contributed by atoms with Crippen molar-refractivity contribution < 1.29 is 9.59 Å². The summed E-state index contributed by atoms with van der Waals surface area (Å²) in [7, 11) is 0. The van der Waals surface area contributed by atoms with Gasteiger partial charge in [0.15, 0.2) is 11.5 Å². The summed E-state index contributed by atoms with van der Waals surface area (Å²) in [6, 6.07) is 6.53. The third-order valence-electron chi connectivity index (χ3n) is 7.43. The number of amides is 2. The number of carbonyl (C=O) groups is 2. The van der Waals surface area contributed by atoms with Gasteiger partial charge in [0.25, 0.3) is 11.8 Å². The first-order valence-electron chi connectivity index (χ1n) is 12.3. The molecule has 3 heterocycles. The summed E-state index contributed by atoms with van der Waals surface area (Å²) in [6.45, 7) is 7.05. The number of anilines is 1. The van der Waals surface area contributed by atoms with E-state index in [1.54, 1.807) is 10.7 Å². The van der Waals surface area contributed by atoms with Crippen molar-refractivity contribution in [1.29, 1.82) is 0 Å². The highest BCUT2D eigenvalue weighted by Gasteiger charge is 2.40. The zero-order chi connectivity index (χ0) is 23.7. The molecule has 2 aromatic heterocycles. The highest BCUT2D eigenvalue weighted by molar-refractivity contribution is 6.04. The van der Waals surface area contributed by atoms with E-state index >= 15 is 0 Å². The van der Waals surface area contributed by atoms with E-state index in [0.29, 0.717) is 23.7 Å². The highest BCUT2D eigenvalue weighted by atomic mass is 16.2. The van der Waals surface area contributed by atoms with Gasteiger partial charge in [-0.05, 0) is 73.8 Å². The number of benzene rings is 1. The Morgan fingerprint density at radius 1 is 1.18 bits per heavy atom. The zero-order valence-corrected chi connectivity index (χ0v) is 19.8. The SMILES string of the molecule is CC(C)c1cc(-c2ccn3nc(N)c(C(=O)NC4CC4)c3n2)cc2c1C(=O)N(C(C)C1CC1)C2. The Hall–Kier alpha value is -3.42. The maximum atomic E-state index is 13.4. The molecule has 0 bridgehead atoms. The maximum absolute atomic E-state index is 13.4. The van der Waals surface area contributed by atoms with Gasteiger partial charge in [0.1, 0.15) is 5.56 Å². The number of carbonyl (C=O) groups excluding carboxylic acids is 2. The van der Waals surface area contributed by atoms with Crippen LogP contribution in [0.2, 0.25) is 0 Å². The number of hydrogen-bond acceptors (Lipinski definition) is 5. The average Bonchev–Trinajstić information content (AvgIpc) is 3.73. The number of nitrogen functional groups attached to an aromatic ring is 1. The maximum Gasteiger partial charge on any atom is 0.259 e. The van der Waals surface area contributed by atoms with E-state index in [2.05, 4.69) is 43.3 Å². The number of nitrogens with zero attached hydrogens (tertiary/aromatic N) is 4. The smallest absolute Gasteiger partial charge is 0.259 e. The minimum absolute atomic E-state index is 0.149. The molecule has 8 nitrogen and oxygen atoms in total. The van der Waals surface area contributed by atoms with Crippen LogP contribution in [0.25, 0.3) is 16.9 Å². The third-order valence-corrected chi connectivity index (χ3v) is 7.43. The van der Waals surface area contributed by atoms with Crippen molar-refractivity contribution >= 4 is 23.3 Å². The van der Waals surface area contributed by atoms with Crippen LogP contribution in [0, 0.1) is 5.92 Å². The summed E-state index contributed by atoms with van der Waals surface area (Å²) in [5, 5.41) is 7.27. The second-order valence-electron chi connectivity index (χ2n) is 10.4. The van der Waals surface area contributed by atoms with Crippen LogP contribution in [0.1, 0.15) is 84.2 Å². The van der Waals surface area contributed by atoms with Gasteiger partial charge in [-0.3, -0.25) is 9.59 Å². The lowest BCUT2D eigenvalue weighted by Crippen LogP contribution is -2.34. The minimum atomic E-state index is -0.230. The van der Waals surface area contributed by atoms with Crippen molar-refractivity contribution in [2.45, 2.75) is 71.0 Å². The fourth-order valence-corrected chi connectivity index (χ4v) is 5.09. The molecule has 8 heteroatoms. The lowest BCUT2D eigenvalue weighted by atomic mass is 9.91. The number of rotatable bonds is 6. The number of nitrogens with one attached hydrogen (secondary N) is 1. The Bertz CT molecular complexity index is 1330. The van der Waals surface area contributed by atoms with Crippen molar-refractivity contribution in [3.63, 3.8) is 0 Å². The molecule has 6 rings (SSSR count). The number of hydrogen-bond donors (Lipinski definition) is 2. The largest absolute Gasteiger partial charge is 0.381 e. The van der Waals surface area contributed by atoms with Crippen molar-refractivity contribution in [1.82, 2.24) is 24.8 Å². The fourth-order valence-electron chi connectivity index (χ4n) is 5.09. The molecular formula is C26H30N6O2. The summed E-state index contributed by atoms with van der Waals surface area (Å²) in [4.78, 5) is 33.0. The topological polar surface area (TPSA) is 106 Å². The van der Waals surface area contributed by atoms with Crippen molar-refractivity contribution in [3.05, 3.63) is 46.6 Å². The van der Waals surface area contributed by atoms with Crippen molar-refractivity contribution in [2.75, 3.05) is 5.73 Å². The van der Waals surface area contributed by atoms with Gasteiger partial charge in [0, 0.05) is 36.0 Å². The van der Waals surface area contributed by atoms with Crippen LogP contribution >= 0.6 is 0 Å². The lowest BCUT2D eigenvalue weighted by molar-refractivity contribution is 0.0696. The van der Waals surface area contributed by atoms with Gasteiger partial charge in [0.05, 0.1) is 5.69 Å². The second-order valence-corrected chi connectivity index (χ2v) is 10.4. The number of fused-ring (bicyclic) bond motifs is 2. The molecule has 2 amide bonds. The lowest BCUT2D eigenvalue weighted by Gasteiger charge is -2.24. The molecule has 2 saturated carbocycles. The van der Waals surface area contributed by atoms with Crippen LogP contribution in [0.15, 0.2) is 24.4 Å². The highest BCUT2D eigenvalue weighted by Crippen LogP contribution is 2.41. The molecule has 1 atom stereocenters. The Labute approximate surface area is 198 Å². The van der Waals surface area contributed by atoms with Crippen LogP contribution in [-0.4, -0.2) is 43.4 Å². The first-order valence-corrected chi connectivity index (χ1v) is 12.3. The van der Waals surface area contributed by atoms with Crippen LogP contribution in [0.3, 0.4) is 0 Å². The van der Waals surface area contributed by atoms with E-state index in [4.69, 9.17) is 10.7 Å². The second kappa shape index (κ2) is 7.55. The summed E-state index contributed by atoms with van der Waals surface area (Å²) in [5.74, 6) is 0.914. The quantitative estimate of drug-likeness (QED) is 0.585. The average molecular weight is 459 g/mol. The van der Waals surface area contributed by atoms with Crippen LogP contribution in [0.5, 0.6) is 0 Å². The molecule has 0 radical (unpaired) electrons. The molecule has 2 fully saturated rings. The Morgan fingerprint density at radius 3 is 2.62 bits per heavy atom. The Morgan fingerprint density at radius 2 is 1.94 bits per heavy atom. The Balaban J connectivity index is 1.42. The molecule has 3 aromatic rings. The van der Waals surface area contributed by atoms with E-state index < -0.39 is 0 Å². The summed E-state index contributed by atoms with van der Waals surface area (Å²) < 4.78 is 1.56. The van der Waals surface area contributed by atoms with E-state index in [1.165, 1.54) is 12.8 Å². The Kier molecular flexibility index (Phi) is 4.69. The summed E-state index contributed by atoms with van der Waals surface area (Å²) in [6.07, 6.45) is 6.19. The molecule has 176 valence electrons. The normalized spacial score (nSPS) is 18.6. The summed E-state index contributed by atoms with van der Waals surface area (Å²) >= 11 is 0. The van der Waals surface area contributed by atoms with Gasteiger partial charge < -0.3 is 16.0 Å². The van der Waals surface area contributed by atoms with Gasteiger partial charge in [-0.25, -0.2) is 9.50 Å². The molecule has 1 aromatic carbocycles. The molecule has 1 unspecified atom stereocenters. The molecule has 0 spiro atoms. The molecule has 2 aliphatic carbocycles. The molecule has 34 heavy (non-hydrogen) atoms. The van der Waals surface area contributed by atoms with Crippen LogP contribution < -0.4 is 11.1 Å². The van der Waals surface area contributed by atoms with Crippen LogP contribution in [0.4, 0.5) is 5.82 Å². The standard InChI is InChI=1S/C26H30N6O2/c1-13(2)19-11-16(10-17-12-31(26(34)21(17)19)14(3)15-4-5-15)20-8-9-32-24(29-20)22(23(27)30-32)25(33)28-18-6-7-18/h8-11,13-15,18H,4-7,12H2,1-3H3,(H2,27,30)(H,28,33). The van der Waals surface area contributed by atoms with E-state index in [0.717, 1.165) is 40.8 Å². The minimum Gasteiger partial charge on any atom is -0.381 e. The van der Waals surface area contributed by atoms with Crippen molar-refractivity contribution in [2.24, 2.45) is 5.92 Å². The molecular weight excluding hydrogens is 428 g/mol. The number of nitrogens with two attached hydrogens (primary N) is 1. The first-order chi connectivity index (χ1) is 16.3. The van der Waals surface area contributed by atoms with Gasteiger partial charge >= 0.3 is 0 Å². The molecule has 3 aliphatic rings. The van der Waals surface area contributed by atoms with Crippen molar-refractivity contribution in [3.8, 4) is 11.3 Å². The molecule has 0 saturated heterocycles. The van der Waals surface area contributed by atoms with E-state index in [9.17, 15) is 9.59 Å².